The van der Waals surface area contributed by atoms with Gasteiger partial charge in [-0.2, -0.15) is 0 Å². The number of aliphatic hydroxyl groups excluding tert-OH is 8. The summed E-state index contributed by atoms with van der Waals surface area (Å²) in [5.74, 6) is 0. The molecule has 0 radical (unpaired) electrons. The van der Waals surface area contributed by atoms with Gasteiger partial charge in [0.15, 0.2) is 12.6 Å². The van der Waals surface area contributed by atoms with Crippen LogP contribution in [-0.4, -0.2) is 115 Å². The van der Waals surface area contributed by atoms with E-state index in [1.54, 1.807) is 6.92 Å². The summed E-state index contributed by atoms with van der Waals surface area (Å²) in [4.78, 5) is 0. The molecule has 1 heterocycles. The quantitative estimate of drug-likeness (QED) is 0.0782. The van der Waals surface area contributed by atoms with E-state index in [1.165, 1.54) is 38.5 Å². The maximum atomic E-state index is 10.6. The Bertz CT molecular complexity index is 538. The van der Waals surface area contributed by atoms with Gasteiger partial charge in [-0.25, -0.2) is 0 Å². The highest BCUT2D eigenvalue weighted by Crippen LogP contribution is 2.25. The average molecular weight is 527 g/mol. The molecule has 0 aromatic heterocycles. The first-order valence-electron chi connectivity index (χ1n) is 13.4. The van der Waals surface area contributed by atoms with Crippen LogP contribution in [0.4, 0.5) is 0 Å². The van der Waals surface area contributed by atoms with Crippen LogP contribution in [0.25, 0.3) is 0 Å². The summed E-state index contributed by atoms with van der Waals surface area (Å²) in [6.07, 6.45) is -3.60. The maximum Gasteiger partial charge on any atom is 0.187 e. The lowest BCUT2D eigenvalue weighted by molar-refractivity contribution is -0.323. The van der Waals surface area contributed by atoms with E-state index in [9.17, 15) is 40.9 Å². The van der Waals surface area contributed by atoms with Crippen LogP contribution in [0.15, 0.2) is 0 Å². The van der Waals surface area contributed by atoms with Crippen molar-refractivity contribution in [1.29, 1.82) is 0 Å². The zero-order chi connectivity index (χ0) is 27.1. The lowest BCUT2D eigenvalue weighted by atomic mass is 9.98. The van der Waals surface area contributed by atoms with Crippen molar-refractivity contribution in [2.45, 2.75) is 146 Å². The highest BCUT2D eigenvalue weighted by Gasteiger charge is 2.46. The molecule has 11 heteroatoms. The van der Waals surface area contributed by atoms with Crippen LogP contribution in [0.3, 0.4) is 0 Å². The number of hydrogen-bond donors (Lipinski definition) is 8. The SMILES string of the molecule is CCCCCCCCCCCC(C)O[C@H](O)[C@@H](O)C(O)[C@@H](CCO)O[C@H]1OC(CO)[C@@H](O)C(O)[C@@H]1O. The van der Waals surface area contributed by atoms with Gasteiger partial charge in [0.1, 0.15) is 36.6 Å². The Morgan fingerprint density at radius 3 is 1.89 bits per heavy atom. The minimum absolute atomic E-state index is 0.200. The Morgan fingerprint density at radius 2 is 1.33 bits per heavy atom. The first kappa shape index (κ1) is 33.6. The molecule has 1 aliphatic heterocycles. The summed E-state index contributed by atoms with van der Waals surface area (Å²) in [6, 6.07) is 0. The van der Waals surface area contributed by atoms with E-state index < -0.39 is 68.5 Å². The molecule has 0 amide bonds. The molecule has 11 nitrogen and oxygen atoms in total. The van der Waals surface area contributed by atoms with Crippen LogP contribution in [0.1, 0.15) is 84.5 Å². The van der Waals surface area contributed by atoms with E-state index in [0.717, 1.165) is 19.3 Å². The van der Waals surface area contributed by atoms with Gasteiger partial charge in [-0.05, 0) is 19.8 Å². The molecule has 0 bridgehead atoms. The topological polar surface area (TPSA) is 190 Å². The molecule has 0 saturated carbocycles. The first-order valence-corrected chi connectivity index (χ1v) is 13.4. The Balaban J connectivity index is 2.47. The molecule has 1 rings (SSSR count). The number of hydrogen-bond acceptors (Lipinski definition) is 11. The molecular weight excluding hydrogens is 476 g/mol. The highest BCUT2D eigenvalue weighted by atomic mass is 16.7. The van der Waals surface area contributed by atoms with Crippen LogP contribution in [-0.2, 0) is 14.2 Å². The fourth-order valence-corrected chi connectivity index (χ4v) is 4.32. The summed E-state index contributed by atoms with van der Waals surface area (Å²) in [5.41, 5.74) is 0. The lowest BCUT2D eigenvalue weighted by Gasteiger charge is -2.41. The maximum absolute atomic E-state index is 10.6. The van der Waals surface area contributed by atoms with Crippen LogP contribution < -0.4 is 0 Å². The zero-order valence-corrected chi connectivity index (χ0v) is 21.8. The summed E-state index contributed by atoms with van der Waals surface area (Å²) in [6.45, 7) is 2.84. The van der Waals surface area contributed by atoms with Crippen LogP contribution in [0.5, 0.6) is 0 Å². The molecule has 0 aliphatic carbocycles. The molecule has 216 valence electrons. The van der Waals surface area contributed by atoms with Gasteiger partial charge in [-0.1, -0.05) is 64.7 Å². The fourth-order valence-electron chi connectivity index (χ4n) is 4.32. The largest absolute Gasteiger partial charge is 0.396 e. The van der Waals surface area contributed by atoms with Crippen molar-refractivity contribution in [2.75, 3.05) is 13.2 Å². The third-order valence-electron chi connectivity index (χ3n) is 6.68. The van der Waals surface area contributed by atoms with Crippen molar-refractivity contribution in [3.05, 3.63) is 0 Å². The Labute approximate surface area is 214 Å². The summed E-state index contributed by atoms with van der Waals surface area (Å²) >= 11 is 0. The molecule has 1 saturated heterocycles. The third-order valence-corrected chi connectivity index (χ3v) is 6.68. The second-order valence-corrected chi connectivity index (χ2v) is 9.82. The predicted octanol–water partition coefficient (Wildman–Crippen LogP) is -0.0799. The minimum atomic E-state index is -1.79. The monoisotopic (exact) mass is 526 g/mol. The summed E-state index contributed by atoms with van der Waals surface area (Å²) in [5, 5.41) is 79.9. The van der Waals surface area contributed by atoms with Crippen molar-refractivity contribution in [1.82, 2.24) is 0 Å². The number of ether oxygens (including phenoxy) is 3. The van der Waals surface area contributed by atoms with Crippen LogP contribution >= 0.6 is 0 Å². The third kappa shape index (κ3) is 11.5. The molecule has 36 heavy (non-hydrogen) atoms. The van der Waals surface area contributed by atoms with Crippen molar-refractivity contribution < 1.29 is 55.1 Å². The minimum Gasteiger partial charge on any atom is -0.396 e. The van der Waals surface area contributed by atoms with E-state index in [1.807, 2.05) is 0 Å². The van der Waals surface area contributed by atoms with Gasteiger partial charge >= 0.3 is 0 Å². The molecule has 0 aromatic carbocycles. The van der Waals surface area contributed by atoms with Crippen molar-refractivity contribution in [3.8, 4) is 0 Å². The Morgan fingerprint density at radius 1 is 0.750 bits per heavy atom. The van der Waals surface area contributed by atoms with Crippen molar-refractivity contribution in [2.24, 2.45) is 0 Å². The first-order chi connectivity index (χ1) is 17.2. The van der Waals surface area contributed by atoms with Gasteiger partial charge in [0.05, 0.1) is 18.8 Å². The van der Waals surface area contributed by atoms with E-state index >= 15 is 0 Å². The van der Waals surface area contributed by atoms with E-state index in [-0.39, 0.29) is 12.5 Å². The van der Waals surface area contributed by atoms with E-state index in [4.69, 9.17) is 14.2 Å². The second kappa shape index (κ2) is 18.8. The molecular formula is C25H50O11. The standard InChI is InChI=1S/C25H50O11/c1-3-4-5-6-7-8-9-10-11-12-16(2)34-24(33)22(31)19(28)17(13-14-26)35-25-23(32)21(30)20(29)18(15-27)36-25/h16-33H,3-15H2,1-2H3/t16?,17-,18?,19?,20-,21?,22+,23+,24+,25+/m1/s1. The summed E-state index contributed by atoms with van der Waals surface area (Å²) in [7, 11) is 0. The molecule has 0 spiro atoms. The molecule has 1 aliphatic rings. The van der Waals surface area contributed by atoms with Gasteiger partial charge in [-0.15, -0.1) is 0 Å². The van der Waals surface area contributed by atoms with Crippen molar-refractivity contribution >= 4 is 0 Å². The molecule has 4 unspecified atom stereocenters. The van der Waals surface area contributed by atoms with Crippen LogP contribution in [0.2, 0.25) is 0 Å². The second-order valence-electron chi connectivity index (χ2n) is 9.82. The zero-order valence-electron chi connectivity index (χ0n) is 21.8. The number of rotatable bonds is 20. The predicted molar refractivity (Wildman–Crippen MR) is 131 cm³/mol. The van der Waals surface area contributed by atoms with Gasteiger partial charge in [0.25, 0.3) is 0 Å². The fraction of sp³-hybridized carbons (Fsp3) is 1.00. The smallest absolute Gasteiger partial charge is 0.187 e. The lowest BCUT2D eigenvalue weighted by Crippen LogP contribution is -2.60. The van der Waals surface area contributed by atoms with Crippen molar-refractivity contribution in [3.63, 3.8) is 0 Å². The number of unbranched alkanes of at least 4 members (excludes halogenated alkanes) is 8. The van der Waals surface area contributed by atoms with Gasteiger partial charge in [-0.3, -0.25) is 0 Å². The normalized spacial score (nSPS) is 29.0. The van der Waals surface area contributed by atoms with Gasteiger partial charge < -0.3 is 55.1 Å². The van der Waals surface area contributed by atoms with Gasteiger partial charge in [0.2, 0.25) is 0 Å². The molecule has 10 atom stereocenters. The average Bonchev–Trinajstić information content (AvgIpc) is 2.86. The number of aliphatic hydroxyl groups is 8. The van der Waals surface area contributed by atoms with Gasteiger partial charge in [0, 0.05) is 6.61 Å². The Hall–Kier alpha value is -0.440. The molecule has 8 N–H and O–H groups in total. The van der Waals surface area contributed by atoms with Crippen LogP contribution in [0, 0.1) is 0 Å². The highest BCUT2D eigenvalue weighted by molar-refractivity contribution is 4.90. The Kier molecular flexibility index (Phi) is 17.5. The molecule has 1 fully saturated rings. The summed E-state index contributed by atoms with van der Waals surface area (Å²) < 4.78 is 16.2. The van der Waals surface area contributed by atoms with E-state index in [0.29, 0.717) is 6.42 Å². The molecule has 0 aromatic rings. The van der Waals surface area contributed by atoms with E-state index in [2.05, 4.69) is 6.92 Å².